The summed E-state index contributed by atoms with van der Waals surface area (Å²) in [6.07, 6.45) is 2.10. The first-order chi connectivity index (χ1) is 17.7. The number of hydrogen-bond donors (Lipinski definition) is 2. The van der Waals surface area contributed by atoms with Crippen LogP contribution in [-0.2, 0) is 17.7 Å². The summed E-state index contributed by atoms with van der Waals surface area (Å²) < 4.78 is 7.06. The van der Waals surface area contributed by atoms with Crippen LogP contribution in [0.3, 0.4) is 0 Å². The molecule has 4 aromatic rings. The zero-order valence-electron chi connectivity index (χ0n) is 21.6. The molecule has 0 aliphatic heterocycles. The third-order valence-electron chi connectivity index (χ3n) is 5.81. The van der Waals surface area contributed by atoms with Gasteiger partial charge < -0.3 is 9.30 Å². The molecule has 0 aliphatic carbocycles. The predicted molar refractivity (Wildman–Crippen MR) is 143 cm³/mol. The number of nitrogens with zero attached hydrogens (tertiary/aromatic N) is 4. The Hall–Kier alpha value is -4.27. The van der Waals surface area contributed by atoms with Gasteiger partial charge in [-0.25, -0.2) is 4.79 Å². The number of aromatic nitrogens is 5. The third-order valence-corrected chi connectivity index (χ3v) is 5.81. The van der Waals surface area contributed by atoms with E-state index in [0.29, 0.717) is 12.4 Å². The van der Waals surface area contributed by atoms with Crippen molar-refractivity contribution in [3.63, 3.8) is 0 Å². The Balaban J connectivity index is 1.62. The van der Waals surface area contributed by atoms with Crippen molar-refractivity contribution in [1.29, 1.82) is 0 Å². The van der Waals surface area contributed by atoms with E-state index in [1.165, 1.54) is 0 Å². The van der Waals surface area contributed by atoms with Crippen molar-refractivity contribution >= 4 is 11.8 Å². The maximum Gasteiger partial charge on any atom is 0.412 e. The molecule has 2 heterocycles. The Morgan fingerprint density at radius 2 is 1.76 bits per heavy atom. The fourth-order valence-corrected chi connectivity index (χ4v) is 4.05. The van der Waals surface area contributed by atoms with Crippen molar-refractivity contribution in [3.05, 3.63) is 82.3 Å². The highest BCUT2D eigenvalue weighted by Gasteiger charge is 2.18. The summed E-state index contributed by atoms with van der Waals surface area (Å²) in [5, 5.41) is 17.0. The second-order valence-electron chi connectivity index (χ2n) is 9.84. The van der Waals surface area contributed by atoms with Gasteiger partial charge in [-0.3, -0.25) is 10.1 Å². The van der Waals surface area contributed by atoms with Crippen molar-refractivity contribution in [1.82, 2.24) is 25.2 Å². The van der Waals surface area contributed by atoms with Crippen LogP contribution < -0.4 is 10.9 Å². The van der Waals surface area contributed by atoms with Gasteiger partial charge in [0, 0.05) is 11.3 Å². The fraction of sp³-hybridized carbons (Fsp3) is 0.321. The van der Waals surface area contributed by atoms with Crippen LogP contribution in [-0.4, -0.2) is 36.9 Å². The number of hydrogen-bond acceptors (Lipinski definition) is 6. The number of anilines is 1. The van der Waals surface area contributed by atoms with E-state index in [1.807, 2.05) is 54.6 Å². The van der Waals surface area contributed by atoms with E-state index >= 15 is 0 Å². The Kier molecular flexibility index (Phi) is 7.81. The lowest BCUT2D eigenvalue weighted by atomic mass is 9.98. The quantitative estimate of drug-likeness (QED) is 0.333. The molecule has 0 atom stereocenters. The van der Waals surface area contributed by atoms with Crippen LogP contribution in [0.25, 0.3) is 22.5 Å². The first-order valence-electron chi connectivity index (χ1n) is 12.4. The number of aryl methyl sites for hydroxylation is 1. The summed E-state index contributed by atoms with van der Waals surface area (Å²) >= 11 is 0. The number of H-pyrrole nitrogens is 1. The molecular weight excluding hydrogens is 468 g/mol. The van der Waals surface area contributed by atoms with E-state index in [2.05, 4.69) is 32.9 Å². The van der Waals surface area contributed by atoms with Gasteiger partial charge >= 0.3 is 6.09 Å². The Morgan fingerprint density at radius 3 is 2.41 bits per heavy atom. The molecule has 0 saturated carbocycles. The average molecular weight is 501 g/mol. The molecule has 0 spiro atoms. The second-order valence-corrected chi connectivity index (χ2v) is 9.84. The molecule has 1 amide bonds. The Morgan fingerprint density at radius 1 is 1.03 bits per heavy atom. The molecule has 0 fully saturated rings. The number of nitrogens with one attached hydrogen (secondary N) is 2. The van der Waals surface area contributed by atoms with E-state index in [1.54, 1.807) is 31.4 Å². The smallest absolute Gasteiger partial charge is 0.412 e. The number of rotatable bonds is 8. The van der Waals surface area contributed by atoms with Gasteiger partial charge in [-0.2, -0.15) is 5.21 Å². The highest BCUT2D eigenvalue weighted by Crippen LogP contribution is 2.29. The molecule has 0 radical (unpaired) electrons. The number of benzene rings is 2. The number of carbonyl (C=O) groups is 1. The number of amides is 1. The van der Waals surface area contributed by atoms with Crippen molar-refractivity contribution in [2.45, 2.75) is 59.1 Å². The molecule has 9 heteroatoms. The van der Waals surface area contributed by atoms with E-state index in [-0.39, 0.29) is 11.2 Å². The van der Waals surface area contributed by atoms with E-state index < -0.39 is 11.7 Å². The molecular formula is C28H32N6O3. The first-order valence-corrected chi connectivity index (χ1v) is 12.4. The normalized spacial score (nSPS) is 11.4. The van der Waals surface area contributed by atoms with Gasteiger partial charge in [0.1, 0.15) is 11.3 Å². The van der Waals surface area contributed by atoms with Gasteiger partial charge in [-0.15, -0.1) is 10.2 Å². The molecule has 2 aromatic heterocycles. The summed E-state index contributed by atoms with van der Waals surface area (Å²) in [7, 11) is 0. The maximum atomic E-state index is 13.4. The number of ether oxygens (including phenoxy) is 1. The van der Waals surface area contributed by atoms with Crippen LogP contribution in [0.1, 0.15) is 51.8 Å². The van der Waals surface area contributed by atoms with Crippen molar-refractivity contribution in [3.8, 4) is 22.5 Å². The second kappa shape index (κ2) is 11.2. The Bertz CT molecular complexity index is 1400. The van der Waals surface area contributed by atoms with Crippen LogP contribution in [0.2, 0.25) is 0 Å². The van der Waals surface area contributed by atoms with Crippen LogP contribution in [0.15, 0.2) is 65.5 Å². The lowest BCUT2D eigenvalue weighted by Crippen LogP contribution is -2.32. The molecule has 2 aromatic carbocycles. The zero-order chi connectivity index (χ0) is 26.4. The van der Waals surface area contributed by atoms with Crippen LogP contribution >= 0.6 is 0 Å². The van der Waals surface area contributed by atoms with E-state index in [4.69, 9.17) is 4.74 Å². The summed E-state index contributed by atoms with van der Waals surface area (Å²) in [6.45, 7) is 7.84. The number of aromatic amines is 1. The summed E-state index contributed by atoms with van der Waals surface area (Å²) in [5.41, 5.74) is 4.04. The number of pyridine rings is 1. The SMILES string of the molecule is CCCCc1ccc(NC(=O)OC(C)(C)C)c(=O)n1Cc1ccc(-c2ccccc2-c2nn[nH]n2)cc1. The minimum atomic E-state index is -0.658. The summed E-state index contributed by atoms with van der Waals surface area (Å²) in [5.74, 6) is 0.529. The number of carbonyl (C=O) groups excluding carboxylic acids is 1. The highest BCUT2D eigenvalue weighted by atomic mass is 16.6. The summed E-state index contributed by atoms with van der Waals surface area (Å²) in [4.78, 5) is 25.7. The van der Waals surface area contributed by atoms with Gasteiger partial charge in [0.25, 0.3) is 5.56 Å². The lowest BCUT2D eigenvalue weighted by molar-refractivity contribution is 0.0635. The van der Waals surface area contributed by atoms with Gasteiger partial charge in [-0.1, -0.05) is 61.9 Å². The molecule has 0 bridgehead atoms. The van der Waals surface area contributed by atoms with Crippen LogP contribution in [0, 0.1) is 0 Å². The van der Waals surface area contributed by atoms with Crippen molar-refractivity contribution in [2.75, 3.05) is 5.32 Å². The lowest BCUT2D eigenvalue weighted by Gasteiger charge is -2.20. The number of tetrazole rings is 1. The van der Waals surface area contributed by atoms with Crippen molar-refractivity contribution in [2.24, 2.45) is 0 Å². The van der Waals surface area contributed by atoms with Crippen molar-refractivity contribution < 1.29 is 9.53 Å². The predicted octanol–water partition coefficient (Wildman–Crippen LogP) is 5.43. The molecule has 0 unspecified atom stereocenters. The summed E-state index contributed by atoms with van der Waals surface area (Å²) in [6, 6.07) is 19.5. The minimum absolute atomic E-state index is 0.195. The molecule has 4 rings (SSSR count). The third kappa shape index (κ3) is 6.49. The van der Waals surface area contributed by atoms with Crippen LogP contribution in [0.4, 0.5) is 10.5 Å². The fourth-order valence-electron chi connectivity index (χ4n) is 4.05. The molecule has 192 valence electrons. The van der Waals surface area contributed by atoms with Gasteiger partial charge in [0.2, 0.25) is 5.82 Å². The van der Waals surface area contributed by atoms with Gasteiger partial charge in [0.15, 0.2) is 0 Å². The largest absolute Gasteiger partial charge is 0.444 e. The van der Waals surface area contributed by atoms with Gasteiger partial charge in [-0.05, 0) is 67.6 Å². The minimum Gasteiger partial charge on any atom is -0.444 e. The molecule has 2 N–H and O–H groups in total. The highest BCUT2D eigenvalue weighted by molar-refractivity contribution is 5.84. The maximum absolute atomic E-state index is 13.4. The number of unbranched alkanes of at least 4 members (excludes halogenated alkanes) is 1. The van der Waals surface area contributed by atoms with Crippen LogP contribution in [0.5, 0.6) is 0 Å². The molecule has 0 aliphatic rings. The first kappa shape index (κ1) is 25.8. The standard InChI is InChI=1S/C28H32N6O3/c1-5-6-9-21-16-17-24(29-27(36)37-28(2,3)4)26(35)34(21)18-19-12-14-20(15-13-19)22-10-7-8-11-23(22)25-30-32-33-31-25/h7-8,10-17H,5-6,9,18H2,1-4H3,(H,29,36)(H,30,31,32,33). The van der Waals surface area contributed by atoms with Gasteiger partial charge in [0.05, 0.1) is 6.54 Å². The average Bonchev–Trinajstić information content (AvgIpc) is 3.40. The Labute approximate surface area is 215 Å². The topological polar surface area (TPSA) is 115 Å². The van der Waals surface area contributed by atoms with E-state index in [9.17, 15) is 9.59 Å². The van der Waals surface area contributed by atoms with E-state index in [0.717, 1.165) is 47.2 Å². The molecule has 9 nitrogen and oxygen atoms in total. The monoisotopic (exact) mass is 500 g/mol. The molecule has 37 heavy (non-hydrogen) atoms. The molecule has 0 saturated heterocycles. The zero-order valence-corrected chi connectivity index (χ0v) is 21.6.